The molecule has 0 saturated heterocycles. The van der Waals surface area contributed by atoms with E-state index in [0.29, 0.717) is 9.75 Å². The monoisotopic (exact) mass is 302 g/mol. The van der Waals surface area contributed by atoms with Gasteiger partial charge in [-0.05, 0) is 37.3 Å². The van der Waals surface area contributed by atoms with Crippen LogP contribution in [0.4, 0.5) is 0 Å². The van der Waals surface area contributed by atoms with Gasteiger partial charge in [0, 0.05) is 17.2 Å². The summed E-state index contributed by atoms with van der Waals surface area (Å²) in [6.07, 6.45) is 4.19. The predicted molar refractivity (Wildman–Crippen MR) is 81.1 cm³/mol. The lowest BCUT2D eigenvalue weighted by Crippen LogP contribution is -2.26. The lowest BCUT2D eigenvalue weighted by molar-refractivity contribution is -0.131. The van der Waals surface area contributed by atoms with Crippen LogP contribution < -0.4 is 5.32 Å². The van der Waals surface area contributed by atoms with E-state index in [1.807, 2.05) is 25.1 Å². The summed E-state index contributed by atoms with van der Waals surface area (Å²) < 4.78 is 0. The molecule has 6 heteroatoms. The van der Waals surface area contributed by atoms with Crippen molar-refractivity contribution in [1.82, 2.24) is 10.3 Å². The number of nitrogens with one attached hydrogen (secondary N) is 1. The number of pyridine rings is 1. The SMILES string of the molecule is CC(NC(=O)c1ccc(C=CC(=O)O)s1)c1ccccn1. The molecule has 1 amide bonds. The highest BCUT2D eigenvalue weighted by Crippen LogP contribution is 2.19. The zero-order chi connectivity index (χ0) is 15.2. The van der Waals surface area contributed by atoms with Gasteiger partial charge in [-0.15, -0.1) is 11.3 Å². The third-order valence-electron chi connectivity index (χ3n) is 2.72. The van der Waals surface area contributed by atoms with Gasteiger partial charge in [0.1, 0.15) is 0 Å². The van der Waals surface area contributed by atoms with Crippen LogP contribution in [-0.4, -0.2) is 22.0 Å². The fraction of sp³-hybridized carbons (Fsp3) is 0.133. The van der Waals surface area contributed by atoms with Crippen LogP contribution in [0.3, 0.4) is 0 Å². The van der Waals surface area contributed by atoms with Crippen LogP contribution in [0.25, 0.3) is 6.08 Å². The van der Waals surface area contributed by atoms with Gasteiger partial charge in [-0.3, -0.25) is 9.78 Å². The second-order valence-corrected chi connectivity index (χ2v) is 5.44. The zero-order valence-corrected chi connectivity index (χ0v) is 12.1. The zero-order valence-electron chi connectivity index (χ0n) is 11.3. The van der Waals surface area contributed by atoms with Crippen molar-refractivity contribution >= 4 is 29.3 Å². The molecule has 0 bridgehead atoms. The number of thiophene rings is 1. The topological polar surface area (TPSA) is 79.3 Å². The number of carboxylic acid groups (broad SMARTS) is 1. The Labute approximate surface area is 126 Å². The largest absolute Gasteiger partial charge is 0.478 e. The van der Waals surface area contributed by atoms with Crippen LogP contribution in [-0.2, 0) is 4.79 Å². The molecule has 108 valence electrons. The van der Waals surface area contributed by atoms with E-state index in [-0.39, 0.29) is 11.9 Å². The predicted octanol–water partition coefficient (Wildman–Crippen LogP) is 2.73. The molecule has 1 atom stereocenters. The molecule has 0 saturated carbocycles. The second kappa shape index (κ2) is 6.81. The lowest BCUT2D eigenvalue weighted by Gasteiger charge is -2.12. The van der Waals surface area contributed by atoms with Gasteiger partial charge in [-0.2, -0.15) is 0 Å². The average Bonchev–Trinajstić information content (AvgIpc) is 2.95. The summed E-state index contributed by atoms with van der Waals surface area (Å²) in [5.74, 6) is -1.22. The fourth-order valence-corrected chi connectivity index (χ4v) is 2.51. The lowest BCUT2D eigenvalue weighted by atomic mass is 10.2. The molecule has 2 aromatic rings. The molecular formula is C15H14N2O3S. The standard InChI is InChI=1S/C15H14N2O3S/c1-10(12-4-2-3-9-16-12)17-15(20)13-7-5-11(21-13)6-8-14(18)19/h2-10H,1H3,(H,17,20)(H,18,19). The van der Waals surface area contributed by atoms with Crippen molar-refractivity contribution in [2.24, 2.45) is 0 Å². The van der Waals surface area contributed by atoms with Crippen molar-refractivity contribution in [2.75, 3.05) is 0 Å². The summed E-state index contributed by atoms with van der Waals surface area (Å²) in [7, 11) is 0. The van der Waals surface area contributed by atoms with Crippen molar-refractivity contribution < 1.29 is 14.7 Å². The quantitative estimate of drug-likeness (QED) is 0.832. The van der Waals surface area contributed by atoms with E-state index >= 15 is 0 Å². The number of hydrogen-bond acceptors (Lipinski definition) is 4. The van der Waals surface area contributed by atoms with E-state index in [9.17, 15) is 9.59 Å². The average molecular weight is 302 g/mol. The van der Waals surface area contributed by atoms with E-state index in [1.54, 1.807) is 18.3 Å². The number of nitrogens with zero attached hydrogens (tertiary/aromatic N) is 1. The molecular weight excluding hydrogens is 288 g/mol. The molecule has 2 N–H and O–H groups in total. The molecule has 0 fully saturated rings. The Balaban J connectivity index is 2.02. The van der Waals surface area contributed by atoms with Gasteiger partial charge in [0.15, 0.2) is 0 Å². The van der Waals surface area contributed by atoms with Crippen LogP contribution in [0.15, 0.2) is 42.6 Å². The number of amides is 1. The molecule has 0 radical (unpaired) electrons. The Morgan fingerprint density at radius 2 is 2.14 bits per heavy atom. The molecule has 2 aromatic heterocycles. The first kappa shape index (κ1) is 14.9. The molecule has 0 aliphatic carbocycles. The van der Waals surface area contributed by atoms with Crippen molar-refractivity contribution in [2.45, 2.75) is 13.0 Å². The minimum absolute atomic E-state index is 0.196. The number of aromatic nitrogens is 1. The molecule has 2 heterocycles. The van der Waals surface area contributed by atoms with Gasteiger partial charge in [0.2, 0.25) is 0 Å². The Kier molecular flexibility index (Phi) is 4.84. The van der Waals surface area contributed by atoms with Crippen molar-refractivity contribution in [3.63, 3.8) is 0 Å². The highest BCUT2D eigenvalue weighted by molar-refractivity contribution is 7.14. The number of carbonyl (C=O) groups is 2. The van der Waals surface area contributed by atoms with Crippen LogP contribution in [0.2, 0.25) is 0 Å². The summed E-state index contributed by atoms with van der Waals surface area (Å²) in [6.45, 7) is 1.86. The maximum atomic E-state index is 12.1. The summed E-state index contributed by atoms with van der Waals surface area (Å²) in [5.41, 5.74) is 0.786. The molecule has 21 heavy (non-hydrogen) atoms. The van der Waals surface area contributed by atoms with Gasteiger partial charge in [-0.1, -0.05) is 6.07 Å². The molecule has 0 aliphatic heterocycles. The third-order valence-corrected chi connectivity index (χ3v) is 3.77. The first-order chi connectivity index (χ1) is 10.1. The normalized spacial score (nSPS) is 12.2. The van der Waals surface area contributed by atoms with Crippen LogP contribution in [0, 0.1) is 0 Å². The number of aliphatic carboxylic acids is 1. The Morgan fingerprint density at radius 1 is 1.33 bits per heavy atom. The van der Waals surface area contributed by atoms with E-state index in [0.717, 1.165) is 11.8 Å². The highest BCUT2D eigenvalue weighted by Gasteiger charge is 2.13. The minimum atomic E-state index is -1.02. The number of carboxylic acids is 1. The molecule has 5 nitrogen and oxygen atoms in total. The first-order valence-electron chi connectivity index (χ1n) is 6.29. The Morgan fingerprint density at radius 3 is 2.81 bits per heavy atom. The molecule has 0 spiro atoms. The van der Waals surface area contributed by atoms with Gasteiger partial charge in [0.25, 0.3) is 5.91 Å². The Hall–Kier alpha value is -2.47. The maximum Gasteiger partial charge on any atom is 0.328 e. The summed E-state index contributed by atoms with van der Waals surface area (Å²) in [4.78, 5) is 28.0. The van der Waals surface area contributed by atoms with Crippen LogP contribution in [0.5, 0.6) is 0 Å². The number of rotatable bonds is 5. The van der Waals surface area contributed by atoms with Crippen LogP contribution in [0.1, 0.15) is 33.2 Å². The van der Waals surface area contributed by atoms with Gasteiger partial charge in [-0.25, -0.2) is 4.79 Å². The maximum absolute atomic E-state index is 12.1. The first-order valence-corrected chi connectivity index (χ1v) is 7.10. The summed E-state index contributed by atoms with van der Waals surface area (Å²) >= 11 is 1.24. The van der Waals surface area contributed by atoms with E-state index in [2.05, 4.69) is 10.3 Å². The summed E-state index contributed by atoms with van der Waals surface area (Å²) in [6, 6.07) is 8.72. The molecule has 2 rings (SSSR count). The number of hydrogen-bond donors (Lipinski definition) is 2. The molecule has 1 unspecified atom stereocenters. The molecule has 0 aromatic carbocycles. The second-order valence-electron chi connectivity index (χ2n) is 4.32. The van der Waals surface area contributed by atoms with E-state index < -0.39 is 5.97 Å². The molecule has 0 aliphatic rings. The highest BCUT2D eigenvalue weighted by atomic mass is 32.1. The fourth-order valence-electron chi connectivity index (χ4n) is 1.69. The third kappa shape index (κ3) is 4.25. The minimum Gasteiger partial charge on any atom is -0.478 e. The van der Waals surface area contributed by atoms with Crippen molar-refractivity contribution in [1.29, 1.82) is 0 Å². The Bertz CT molecular complexity index is 665. The smallest absolute Gasteiger partial charge is 0.328 e. The summed E-state index contributed by atoms with van der Waals surface area (Å²) in [5, 5.41) is 11.4. The van der Waals surface area contributed by atoms with E-state index in [1.165, 1.54) is 17.4 Å². The van der Waals surface area contributed by atoms with Crippen molar-refractivity contribution in [3.8, 4) is 0 Å². The number of carbonyl (C=O) groups excluding carboxylic acids is 1. The van der Waals surface area contributed by atoms with Crippen LogP contribution >= 0.6 is 11.3 Å². The van der Waals surface area contributed by atoms with Gasteiger partial charge >= 0.3 is 5.97 Å². The van der Waals surface area contributed by atoms with Gasteiger partial charge < -0.3 is 10.4 Å². The van der Waals surface area contributed by atoms with Crippen molar-refractivity contribution in [3.05, 3.63) is 58.1 Å². The van der Waals surface area contributed by atoms with Gasteiger partial charge in [0.05, 0.1) is 16.6 Å². The van der Waals surface area contributed by atoms with E-state index in [4.69, 9.17) is 5.11 Å².